The molecule has 0 fully saturated rings. The first-order valence-electron chi connectivity index (χ1n) is 8.44. The Kier molecular flexibility index (Phi) is 4.58. The molecule has 0 N–H and O–H groups in total. The number of nitro benzene ring substituents is 1. The molecule has 9 heteroatoms. The first-order valence-corrected chi connectivity index (χ1v) is 9.26. The molecule has 0 aliphatic heterocycles. The van der Waals surface area contributed by atoms with Gasteiger partial charge in [0.1, 0.15) is 5.75 Å². The standard InChI is InChI=1S/C19H14N4O4S/c1-2-27-15-9-5-13(6-10-15)17-20-19-22(21-17)18(24)16(28-19)11-12-3-7-14(8-4-12)23(25)26/h3-11H,2H2,1H3/b16-11-. The van der Waals surface area contributed by atoms with Gasteiger partial charge >= 0.3 is 0 Å². The highest BCUT2D eigenvalue weighted by atomic mass is 32.1. The van der Waals surface area contributed by atoms with Gasteiger partial charge in [0.15, 0.2) is 5.82 Å². The zero-order valence-corrected chi connectivity index (χ0v) is 15.5. The van der Waals surface area contributed by atoms with Crippen molar-refractivity contribution in [3.05, 3.63) is 79.1 Å². The van der Waals surface area contributed by atoms with E-state index in [0.717, 1.165) is 11.3 Å². The Bertz CT molecular complexity index is 1260. The maximum atomic E-state index is 12.6. The van der Waals surface area contributed by atoms with E-state index in [4.69, 9.17) is 4.74 Å². The van der Waals surface area contributed by atoms with Crippen LogP contribution in [0, 0.1) is 10.1 Å². The molecular weight excluding hydrogens is 380 g/mol. The molecule has 4 rings (SSSR count). The topological polar surface area (TPSA) is 99.6 Å². The summed E-state index contributed by atoms with van der Waals surface area (Å²) in [4.78, 5) is 27.8. The molecule has 0 radical (unpaired) electrons. The molecule has 28 heavy (non-hydrogen) atoms. The number of nitro groups is 1. The molecule has 8 nitrogen and oxygen atoms in total. The van der Waals surface area contributed by atoms with E-state index >= 15 is 0 Å². The third kappa shape index (κ3) is 3.35. The van der Waals surface area contributed by atoms with Crippen LogP contribution in [0.4, 0.5) is 5.69 Å². The second-order valence-corrected chi connectivity index (χ2v) is 6.86. The number of benzene rings is 2. The van der Waals surface area contributed by atoms with E-state index in [-0.39, 0.29) is 11.2 Å². The molecule has 2 aromatic heterocycles. The molecule has 140 valence electrons. The molecule has 0 spiro atoms. The van der Waals surface area contributed by atoms with Gasteiger partial charge in [0.2, 0.25) is 4.96 Å². The fraction of sp³-hybridized carbons (Fsp3) is 0.105. The third-order valence-corrected chi connectivity index (χ3v) is 4.97. The second-order valence-electron chi connectivity index (χ2n) is 5.85. The molecule has 0 atom stereocenters. The number of fused-ring (bicyclic) bond motifs is 1. The van der Waals surface area contributed by atoms with Gasteiger partial charge in [0, 0.05) is 17.7 Å². The average Bonchev–Trinajstić information content (AvgIpc) is 3.23. The summed E-state index contributed by atoms with van der Waals surface area (Å²) in [7, 11) is 0. The maximum Gasteiger partial charge on any atom is 0.291 e. The van der Waals surface area contributed by atoms with Crippen molar-refractivity contribution >= 4 is 28.1 Å². The minimum atomic E-state index is -0.464. The smallest absolute Gasteiger partial charge is 0.291 e. The zero-order chi connectivity index (χ0) is 19.7. The summed E-state index contributed by atoms with van der Waals surface area (Å²) in [6.07, 6.45) is 1.67. The molecule has 2 heterocycles. The summed E-state index contributed by atoms with van der Waals surface area (Å²) < 4.78 is 7.15. The number of non-ortho nitro benzene ring substituents is 1. The van der Waals surface area contributed by atoms with Crippen molar-refractivity contribution in [3.63, 3.8) is 0 Å². The highest BCUT2D eigenvalue weighted by Gasteiger charge is 2.12. The molecule has 0 aliphatic carbocycles. The molecule has 2 aromatic carbocycles. The maximum absolute atomic E-state index is 12.6. The normalized spacial score (nSPS) is 11.8. The summed E-state index contributed by atoms with van der Waals surface area (Å²) in [5.74, 6) is 1.23. The van der Waals surface area contributed by atoms with Crippen LogP contribution in [0.5, 0.6) is 5.75 Å². The van der Waals surface area contributed by atoms with Crippen LogP contribution in [0.2, 0.25) is 0 Å². The molecule has 4 aromatic rings. The van der Waals surface area contributed by atoms with Gasteiger partial charge in [0.05, 0.1) is 16.1 Å². The lowest BCUT2D eigenvalue weighted by Gasteiger charge is -2.02. The fourth-order valence-corrected chi connectivity index (χ4v) is 3.57. The van der Waals surface area contributed by atoms with Gasteiger partial charge in [-0.25, -0.2) is 0 Å². The lowest BCUT2D eigenvalue weighted by Crippen LogP contribution is -2.23. The van der Waals surface area contributed by atoms with Crippen LogP contribution in [0.1, 0.15) is 12.5 Å². The Balaban J connectivity index is 1.68. The second kappa shape index (κ2) is 7.20. The first kappa shape index (κ1) is 17.8. The molecule has 0 unspecified atom stereocenters. The van der Waals surface area contributed by atoms with Crippen LogP contribution in [-0.2, 0) is 0 Å². The number of hydrogen-bond acceptors (Lipinski definition) is 7. The zero-order valence-electron chi connectivity index (χ0n) is 14.7. The summed E-state index contributed by atoms with van der Waals surface area (Å²) in [5, 5.41) is 15.0. The van der Waals surface area contributed by atoms with Gasteiger partial charge in [-0.3, -0.25) is 14.9 Å². The molecule has 0 aliphatic rings. The number of nitrogens with zero attached hydrogens (tertiary/aromatic N) is 4. The van der Waals surface area contributed by atoms with E-state index in [1.54, 1.807) is 18.2 Å². The summed E-state index contributed by atoms with van der Waals surface area (Å²) >= 11 is 1.22. The van der Waals surface area contributed by atoms with E-state index in [0.29, 0.717) is 27.5 Å². The number of rotatable bonds is 5. The monoisotopic (exact) mass is 394 g/mol. The van der Waals surface area contributed by atoms with Gasteiger partial charge in [-0.15, -0.1) is 5.10 Å². The molecular formula is C19H14N4O4S. The Morgan fingerprint density at radius 3 is 2.50 bits per heavy atom. The first-order chi connectivity index (χ1) is 13.5. The highest BCUT2D eigenvalue weighted by molar-refractivity contribution is 7.15. The predicted molar refractivity (Wildman–Crippen MR) is 106 cm³/mol. The number of hydrogen-bond donors (Lipinski definition) is 0. The van der Waals surface area contributed by atoms with Crippen molar-refractivity contribution in [1.82, 2.24) is 14.6 Å². The SMILES string of the molecule is CCOc1ccc(-c2nc3s/c(=C\c4ccc([N+](=O)[O-])cc4)c(=O)n3n2)cc1. The van der Waals surface area contributed by atoms with E-state index in [2.05, 4.69) is 10.1 Å². The Labute approximate surface area is 162 Å². The summed E-state index contributed by atoms with van der Waals surface area (Å²) in [5.41, 5.74) is 1.21. The largest absolute Gasteiger partial charge is 0.494 e. The summed E-state index contributed by atoms with van der Waals surface area (Å²) in [6, 6.07) is 13.4. The van der Waals surface area contributed by atoms with Gasteiger partial charge in [-0.2, -0.15) is 9.50 Å². The van der Waals surface area contributed by atoms with Crippen molar-refractivity contribution in [3.8, 4) is 17.1 Å². The third-order valence-electron chi connectivity index (χ3n) is 4.01. The van der Waals surface area contributed by atoms with Crippen LogP contribution < -0.4 is 14.8 Å². The van der Waals surface area contributed by atoms with Crippen LogP contribution in [-0.4, -0.2) is 26.1 Å². The number of thiazole rings is 1. The minimum Gasteiger partial charge on any atom is -0.494 e. The lowest BCUT2D eigenvalue weighted by molar-refractivity contribution is -0.384. The molecule has 0 bridgehead atoms. The van der Waals surface area contributed by atoms with Crippen LogP contribution in [0.3, 0.4) is 0 Å². The van der Waals surface area contributed by atoms with Crippen molar-refractivity contribution in [2.75, 3.05) is 6.61 Å². The van der Waals surface area contributed by atoms with Crippen LogP contribution in [0.15, 0.2) is 53.3 Å². The number of ether oxygens (including phenoxy) is 1. The van der Waals surface area contributed by atoms with Gasteiger partial charge < -0.3 is 4.74 Å². The quantitative estimate of drug-likeness (QED) is 0.381. The van der Waals surface area contributed by atoms with Gasteiger partial charge in [-0.1, -0.05) is 11.3 Å². The van der Waals surface area contributed by atoms with E-state index < -0.39 is 4.92 Å². The summed E-state index contributed by atoms with van der Waals surface area (Å²) in [6.45, 7) is 2.51. The predicted octanol–water partition coefficient (Wildman–Crippen LogP) is 2.67. The van der Waals surface area contributed by atoms with E-state index in [1.165, 1.54) is 28.0 Å². The van der Waals surface area contributed by atoms with Crippen LogP contribution >= 0.6 is 11.3 Å². The minimum absolute atomic E-state index is 0.00198. The van der Waals surface area contributed by atoms with Crippen LogP contribution in [0.25, 0.3) is 22.4 Å². The van der Waals surface area contributed by atoms with Crippen molar-refractivity contribution in [2.45, 2.75) is 6.92 Å². The highest BCUT2D eigenvalue weighted by Crippen LogP contribution is 2.20. The van der Waals surface area contributed by atoms with Gasteiger partial charge in [-0.05, 0) is 55.0 Å². The van der Waals surface area contributed by atoms with Crippen molar-refractivity contribution in [1.29, 1.82) is 0 Å². The van der Waals surface area contributed by atoms with Crippen molar-refractivity contribution in [2.24, 2.45) is 0 Å². The lowest BCUT2D eigenvalue weighted by atomic mass is 10.2. The molecule has 0 amide bonds. The molecule has 0 saturated heterocycles. The fourth-order valence-electron chi connectivity index (χ4n) is 2.67. The Morgan fingerprint density at radius 2 is 1.89 bits per heavy atom. The molecule has 0 saturated carbocycles. The van der Waals surface area contributed by atoms with E-state index in [9.17, 15) is 14.9 Å². The Hall–Kier alpha value is -3.59. The average molecular weight is 394 g/mol. The van der Waals surface area contributed by atoms with Gasteiger partial charge in [0.25, 0.3) is 11.2 Å². The van der Waals surface area contributed by atoms with Crippen molar-refractivity contribution < 1.29 is 9.66 Å². The Morgan fingerprint density at radius 1 is 1.18 bits per heavy atom. The van der Waals surface area contributed by atoms with E-state index in [1.807, 2.05) is 31.2 Å². The number of aromatic nitrogens is 3.